The predicted octanol–water partition coefficient (Wildman–Crippen LogP) is 1.75. The van der Waals surface area contributed by atoms with Gasteiger partial charge in [-0.3, -0.25) is 0 Å². The summed E-state index contributed by atoms with van der Waals surface area (Å²) < 4.78 is 28.5. The predicted molar refractivity (Wildman–Crippen MR) is 79.5 cm³/mol. The van der Waals surface area contributed by atoms with Gasteiger partial charge in [0.15, 0.2) is 9.84 Å². The van der Waals surface area contributed by atoms with Crippen molar-refractivity contribution in [1.82, 2.24) is 0 Å². The van der Waals surface area contributed by atoms with Crippen LogP contribution in [0.1, 0.15) is 28.4 Å². The minimum Gasteiger partial charge on any atom is -0.465 e. The summed E-state index contributed by atoms with van der Waals surface area (Å²) in [6.07, 6.45) is 1.40. The van der Waals surface area contributed by atoms with Crippen LogP contribution in [0.2, 0.25) is 0 Å². The maximum Gasteiger partial charge on any atom is 0.338 e. The van der Waals surface area contributed by atoms with Crippen LogP contribution in [0.5, 0.6) is 0 Å². The number of hydrogen-bond acceptors (Lipinski definition) is 6. The first kappa shape index (κ1) is 17.2. The van der Waals surface area contributed by atoms with E-state index in [1.54, 1.807) is 13.8 Å². The zero-order valence-electron chi connectivity index (χ0n) is 12.8. The maximum atomic E-state index is 11.9. The van der Waals surface area contributed by atoms with Crippen LogP contribution in [0.25, 0.3) is 0 Å². The zero-order chi connectivity index (χ0) is 16.2. The minimum atomic E-state index is -3.41. The fourth-order valence-corrected chi connectivity index (χ4v) is 3.06. The van der Waals surface area contributed by atoms with Crippen LogP contribution in [0.4, 0.5) is 0 Å². The molecule has 0 saturated carbocycles. The van der Waals surface area contributed by atoms with Crippen molar-refractivity contribution in [1.29, 1.82) is 0 Å². The van der Waals surface area contributed by atoms with Crippen LogP contribution in [-0.2, 0) is 25.8 Å². The molecule has 0 atom stereocenters. The average Bonchev–Trinajstić information content (AvgIpc) is 2.39. The lowest BCUT2D eigenvalue weighted by Gasteiger charge is -2.14. The second-order valence-electron chi connectivity index (χ2n) is 4.66. The third-order valence-electron chi connectivity index (χ3n) is 3.04. The van der Waals surface area contributed by atoms with Crippen molar-refractivity contribution in [2.75, 3.05) is 20.5 Å². The molecule has 0 aliphatic carbocycles. The number of sulfone groups is 1. The molecule has 21 heavy (non-hydrogen) atoms. The Bertz CT molecular complexity index is 677. The molecule has 0 aromatic heterocycles. The van der Waals surface area contributed by atoms with E-state index in [1.165, 1.54) is 26.4 Å². The highest BCUT2D eigenvalue weighted by Crippen LogP contribution is 2.24. The number of methoxy groups -OCH3 is 1. The van der Waals surface area contributed by atoms with E-state index in [2.05, 4.69) is 9.99 Å². The van der Waals surface area contributed by atoms with Gasteiger partial charge in [0.1, 0.15) is 7.11 Å². The molecule has 0 bridgehead atoms. The Balaban J connectivity index is 3.53. The number of nitrogens with zero attached hydrogens (tertiary/aromatic N) is 1. The molecule has 0 amide bonds. The summed E-state index contributed by atoms with van der Waals surface area (Å²) in [4.78, 5) is 16.6. The normalized spacial score (nSPS) is 12.1. The molecule has 0 radical (unpaired) electrons. The lowest BCUT2D eigenvalue weighted by molar-refractivity contribution is 0.0599. The number of ether oxygens (including phenoxy) is 1. The molecular weight excluding hydrogens is 294 g/mol. The van der Waals surface area contributed by atoms with Crippen molar-refractivity contribution in [3.05, 3.63) is 28.8 Å². The Morgan fingerprint density at radius 3 is 2.38 bits per heavy atom. The number of rotatable bonds is 5. The third-order valence-corrected chi connectivity index (χ3v) is 4.22. The van der Waals surface area contributed by atoms with Crippen LogP contribution in [-0.4, -0.2) is 40.6 Å². The van der Waals surface area contributed by atoms with Gasteiger partial charge in [-0.15, -0.1) is 0 Å². The van der Waals surface area contributed by atoms with E-state index in [0.717, 1.165) is 6.26 Å². The van der Waals surface area contributed by atoms with E-state index in [-0.39, 0.29) is 11.3 Å². The first-order valence-corrected chi connectivity index (χ1v) is 8.09. The minimum absolute atomic E-state index is 0.179. The van der Waals surface area contributed by atoms with Gasteiger partial charge >= 0.3 is 5.97 Å². The van der Waals surface area contributed by atoms with Crippen LogP contribution >= 0.6 is 0 Å². The molecule has 1 rings (SSSR count). The van der Waals surface area contributed by atoms with E-state index in [4.69, 9.17) is 4.74 Å². The average molecular weight is 313 g/mol. The zero-order valence-corrected chi connectivity index (χ0v) is 13.6. The fraction of sp³-hybridized carbons (Fsp3) is 0.429. The van der Waals surface area contributed by atoms with Gasteiger partial charge in [0.05, 0.1) is 23.3 Å². The smallest absolute Gasteiger partial charge is 0.338 e. The van der Waals surface area contributed by atoms with Crippen LogP contribution < -0.4 is 0 Å². The quantitative estimate of drug-likeness (QED) is 0.470. The molecule has 0 saturated heterocycles. The molecule has 6 nitrogen and oxygen atoms in total. The summed E-state index contributed by atoms with van der Waals surface area (Å²) in [6, 6.07) is 2.88. The lowest BCUT2D eigenvalue weighted by atomic mass is 9.98. The van der Waals surface area contributed by atoms with Crippen LogP contribution in [0.15, 0.2) is 22.2 Å². The van der Waals surface area contributed by atoms with E-state index >= 15 is 0 Å². The molecule has 7 heteroatoms. The first-order chi connectivity index (χ1) is 9.72. The highest BCUT2D eigenvalue weighted by molar-refractivity contribution is 7.90. The number of esters is 1. The Kier molecular flexibility index (Phi) is 5.48. The monoisotopic (exact) mass is 313 g/mol. The molecule has 0 aliphatic heterocycles. The van der Waals surface area contributed by atoms with Gasteiger partial charge in [0.2, 0.25) is 0 Å². The van der Waals surface area contributed by atoms with Gasteiger partial charge in [-0.05, 0) is 37.1 Å². The summed E-state index contributed by atoms with van der Waals surface area (Å²) >= 11 is 0. The molecule has 0 spiro atoms. The van der Waals surface area contributed by atoms with Gasteiger partial charge in [0.25, 0.3) is 0 Å². The van der Waals surface area contributed by atoms with Crippen molar-refractivity contribution in [3.63, 3.8) is 0 Å². The molecule has 1 aromatic carbocycles. The SMILES string of the molecule is CON=C(C)Cc1c(S(C)(=O)=O)ccc(C(=O)OC)c1C. The summed E-state index contributed by atoms with van der Waals surface area (Å²) in [6.45, 7) is 3.41. The number of benzene rings is 1. The summed E-state index contributed by atoms with van der Waals surface area (Å²) in [5.41, 5.74) is 2.03. The lowest BCUT2D eigenvalue weighted by Crippen LogP contribution is -2.13. The Hall–Kier alpha value is -1.89. The highest BCUT2D eigenvalue weighted by Gasteiger charge is 2.21. The summed E-state index contributed by atoms with van der Waals surface area (Å²) in [7, 11) is -0.717. The summed E-state index contributed by atoms with van der Waals surface area (Å²) in [5, 5.41) is 3.78. The van der Waals surface area contributed by atoms with Crippen molar-refractivity contribution in [2.45, 2.75) is 25.2 Å². The molecule has 0 unspecified atom stereocenters. The maximum absolute atomic E-state index is 11.9. The van der Waals surface area contributed by atoms with E-state index in [9.17, 15) is 13.2 Å². The van der Waals surface area contributed by atoms with Gasteiger partial charge in [-0.2, -0.15) is 0 Å². The van der Waals surface area contributed by atoms with Crippen molar-refractivity contribution in [2.24, 2.45) is 5.16 Å². The number of oxime groups is 1. The van der Waals surface area contributed by atoms with Gasteiger partial charge in [0, 0.05) is 12.7 Å². The van der Waals surface area contributed by atoms with Gasteiger partial charge in [-0.25, -0.2) is 13.2 Å². The summed E-state index contributed by atoms with van der Waals surface area (Å²) in [5.74, 6) is -0.505. The topological polar surface area (TPSA) is 82.0 Å². The molecule has 0 N–H and O–H groups in total. The van der Waals surface area contributed by atoms with E-state index in [0.29, 0.717) is 22.4 Å². The molecule has 0 fully saturated rings. The number of carbonyl (C=O) groups excluding carboxylic acids is 1. The number of hydrogen-bond donors (Lipinski definition) is 0. The second-order valence-corrected chi connectivity index (χ2v) is 6.65. The Labute approximate surface area is 124 Å². The van der Waals surface area contributed by atoms with Gasteiger partial charge in [-0.1, -0.05) is 5.16 Å². The Morgan fingerprint density at radius 1 is 1.29 bits per heavy atom. The molecule has 116 valence electrons. The third kappa shape index (κ3) is 4.04. The van der Waals surface area contributed by atoms with Crippen molar-refractivity contribution in [3.8, 4) is 0 Å². The molecular formula is C14H19NO5S. The van der Waals surface area contributed by atoms with E-state index in [1.807, 2.05) is 0 Å². The standard InChI is InChI=1S/C14H19NO5S/c1-9(15-20-4)8-12-10(2)11(14(16)19-3)6-7-13(12)21(5,17)18/h6-7H,8H2,1-5H3. The van der Waals surface area contributed by atoms with Crippen LogP contribution in [0, 0.1) is 6.92 Å². The molecule has 1 aromatic rings. The van der Waals surface area contributed by atoms with E-state index < -0.39 is 15.8 Å². The highest BCUT2D eigenvalue weighted by atomic mass is 32.2. The molecule has 0 heterocycles. The molecule has 0 aliphatic rings. The van der Waals surface area contributed by atoms with Crippen LogP contribution in [0.3, 0.4) is 0 Å². The largest absolute Gasteiger partial charge is 0.465 e. The number of carbonyl (C=O) groups is 1. The fourth-order valence-electron chi connectivity index (χ4n) is 2.07. The second kappa shape index (κ2) is 6.71. The van der Waals surface area contributed by atoms with Crippen molar-refractivity contribution >= 4 is 21.5 Å². The van der Waals surface area contributed by atoms with Crippen molar-refractivity contribution < 1.29 is 22.8 Å². The first-order valence-electron chi connectivity index (χ1n) is 6.19. The van der Waals surface area contributed by atoms with Gasteiger partial charge < -0.3 is 9.57 Å². The Morgan fingerprint density at radius 2 is 1.90 bits per heavy atom.